The first kappa shape index (κ1) is 22.8. The molecule has 0 saturated carbocycles. The summed E-state index contributed by atoms with van der Waals surface area (Å²) in [6.45, 7) is 3.31. The van der Waals surface area contributed by atoms with E-state index < -0.39 is 10.0 Å². The normalized spacial score (nSPS) is 11.0. The van der Waals surface area contributed by atoms with Crippen molar-refractivity contribution in [3.8, 4) is 0 Å². The van der Waals surface area contributed by atoms with Gasteiger partial charge in [-0.3, -0.25) is 4.79 Å². The molecule has 1 rings (SSSR count). The third-order valence-corrected chi connectivity index (χ3v) is 4.74. The fourth-order valence-corrected chi connectivity index (χ4v) is 2.98. The number of carbonyl (C=O) groups excluding carboxylic acids is 1. The number of hydrogen-bond donors (Lipinski definition) is 3. The minimum Gasteiger partial charge on any atom is -0.383 e. The highest BCUT2D eigenvalue weighted by Gasteiger charge is 2.17. The van der Waals surface area contributed by atoms with E-state index in [1.807, 2.05) is 0 Å². The zero-order valence-electron chi connectivity index (χ0n) is 14.0. The summed E-state index contributed by atoms with van der Waals surface area (Å²) >= 11 is 0. The molecule has 0 aliphatic rings. The summed E-state index contributed by atoms with van der Waals surface area (Å²) < 4.78 is 31.6. The number of methoxy groups -OCH3 is 1. The maximum absolute atomic E-state index is 12.2. The number of halogens is 1. The van der Waals surface area contributed by atoms with E-state index in [0.29, 0.717) is 18.7 Å². The van der Waals surface area contributed by atoms with Gasteiger partial charge in [0.15, 0.2) is 0 Å². The molecule has 24 heavy (non-hydrogen) atoms. The zero-order chi connectivity index (χ0) is 17.3. The van der Waals surface area contributed by atoms with Crippen molar-refractivity contribution < 1.29 is 17.9 Å². The van der Waals surface area contributed by atoms with Gasteiger partial charge in [0.2, 0.25) is 10.0 Å². The first-order valence-corrected chi connectivity index (χ1v) is 8.98. The van der Waals surface area contributed by atoms with Crippen LogP contribution in [0.25, 0.3) is 0 Å². The first-order chi connectivity index (χ1) is 10.9. The van der Waals surface area contributed by atoms with Crippen LogP contribution in [0.2, 0.25) is 0 Å². The van der Waals surface area contributed by atoms with Gasteiger partial charge in [-0.2, -0.15) is 0 Å². The van der Waals surface area contributed by atoms with Crippen LogP contribution in [-0.4, -0.2) is 47.7 Å². The summed E-state index contributed by atoms with van der Waals surface area (Å²) in [4.78, 5) is 12.3. The second-order valence-corrected chi connectivity index (χ2v) is 6.89. The quantitative estimate of drug-likeness (QED) is 0.521. The van der Waals surface area contributed by atoms with Crippen molar-refractivity contribution in [2.75, 3.05) is 33.4 Å². The molecule has 1 aromatic rings. The number of ether oxygens (including phenoxy) is 1. The van der Waals surface area contributed by atoms with Gasteiger partial charge in [-0.25, -0.2) is 13.1 Å². The number of rotatable bonds is 10. The number of hydrogen-bond acceptors (Lipinski definition) is 5. The average molecular weight is 380 g/mol. The Balaban J connectivity index is 0.00000529. The van der Waals surface area contributed by atoms with Crippen LogP contribution in [0, 0.1) is 6.92 Å². The van der Waals surface area contributed by atoms with Crippen molar-refractivity contribution >= 4 is 28.3 Å². The summed E-state index contributed by atoms with van der Waals surface area (Å²) in [5.41, 5.74) is 6.48. The minimum absolute atomic E-state index is 0. The molecule has 0 heterocycles. The van der Waals surface area contributed by atoms with Crippen LogP contribution < -0.4 is 15.8 Å². The van der Waals surface area contributed by atoms with Crippen LogP contribution in [0.4, 0.5) is 0 Å². The highest BCUT2D eigenvalue weighted by molar-refractivity contribution is 7.89. The minimum atomic E-state index is -3.66. The lowest BCUT2D eigenvalue weighted by Gasteiger charge is -2.11. The Hall–Kier alpha value is -1.19. The molecule has 0 aliphatic carbocycles. The van der Waals surface area contributed by atoms with Crippen molar-refractivity contribution in [3.05, 3.63) is 29.3 Å². The van der Waals surface area contributed by atoms with Crippen LogP contribution in [0.5, 0.6) is 0 Å². The smallest absolute Gasteiger partial charge is 0.251 e. The maximum atomic E-state index is 12.2. The summed E-state index contributed by atoms with van der Waals surface area (Å²) in [5.74, 6) is -0.284. The Morgan fingerprint density at radius 1 is 1.25 bits per heavy atom. The Labute approximate surface area is 149 Å². The fraction of sp³-hybridized carbons (Fsp3) is 0.533. The molecule has 9 heteroatoms. The molecule has 7 nitrogen and oxygen atoms in total. The van der Waals surface area contributed by atoms with E-state index in [1.54, 1.807) is 13.0 Å². The van der Waals surface area contributed by atoms with Gasteiger partial charge in [0.25, 0.3) is 5.91 Å². The predicted octanol–water partition coefficient (Wildman–Crippen LogP) is 0.810. The number of unbranched alkanes of at least 4 members (excludes halogenated alkanes) is 1. The van der Waals surface area contributed by atoms with Crippen LogP contribution in [-0.2, 0) is 14.8 Å². The maximum Gasteiger partial charge on any atom is 0.251 e. The summed E-state index contributed by atoms with van der Waals surface area (Å²) in [6.07, 6.45) is 1.62. The summed E-state index contributed by atoms with van der Waals surface area (Å²) in [7, 11) is -2.17. The molecule has 0 bridgehead atoms. The average Bonchev–Trinajstić information content (AvgIpc) is 2.51. The molecular formula is C15H26ClN3O4S. The van der Waals surface area contributed by atoms with E-state index >= 15 is 0 Å². The van der Waals surface area contributed by atoms with E-state index in [0.717, 1.165) is 18.4 Å². The molecule has 0 aliphatic heterocycles. The van der Waals surface area contributed by atoms with Crippen molar-refractivity contribution in [1.82, 2.24) is 10.0 Å². The van der Waals surface area contributed by atoms with Gasteiger partial charge in [-0.05, 0) is 44.0 Å². The number of nitrogens with one attached hydrogen (secondary N) is 2. The molecule has 4 N–H and O–H groups in total. The molecule has 1 aromatic carbocycles. The lowest BCUT2D eigenvalue weighted by atomic mass is 10.1. The Morgan fingerprint density at radius 3 is 2.58 bits per heavy atom. The van der Waals surface area contributed by atoms with Gasteiger partial charge >= 0.3 is 0 Å². The SMILES string of the molecule is COCCNS(=O)(=O)c1ccc(C)c(C(=O)NCCCCN)c1.Cl. The standard InChI is InChI=1S/C15H25N3O4S.ClH/c1-12-5-6-13(23(20,21)18-9-10-22-2)11-14(12)15(19)17-8-4-3-7-16;/h5-6,11,18H,3-4,7-10,16H2,1-2H3,(H,17,19);1H. The molecule has 0 atom stereocenters. The largest absolute Gasteiger partial charge is 0.383 e. The highest BCUT2D eigenvalue weighted by Crippen LogP contribution is 2.15. The zero-order valence-corrected chi connectivity index (χ0v) is 15.6. The Morgan fingerprint density at radius 2 is 1.96 bits per heavy atom. The monoisotopic (exact) mass is 379 g/mol. The van der Waals surface area contributed by atoms with Crippen molar-refractivity contribution in [2.45, 2.75) is 24.7 Å². The third kappa shape index (κ3) is 7.14. The Kier molecular flexibility index (Phi) is 10.8. The lowest BCUT2D eigenvalue weighted by molar-refractivity contribution is 0.0952. The number of benzene rings is 1. The number of carbonyl (C=O) groups is 1. The molecule has 0 spiro atoms. The van der Waals surface area contributed by atoms with Gasteiger partial charge in [0, 0.05) is 25.8 Å². The van der Waals surface area contributed by atoms with Gasteiger partial charge in [-0.1, -0.05) is 6.07 Å². The van der Waals surface area contributed by atoms with Crippen molar-refractivity contribution in [3.63, 3.8) is 0 Å². The van der Waals surface area contributed by atoms with E-state index in [1.165, 1.54) is 19.2 Å². The molecule has 0 saturated heterocycles. The molecule has 0 aromatic heterocycles. The van der Waals surface area contributed by atoms with E-state index in [2.05, 4.69) is 10.0 Å². The highest BCUT2D eigenvalue weighted by atomic mass is 35.5. The fourth-order valence-electron chi connectivity index (χ4n) is 1.94. The van der Waals surface area contributed by atoms with Crippen LogP contribution >= 0.6 is 12.4 Å². The van der Waals surface area contributed by atoms with Crippen molar-refractivity contribution in [1.29, 1.82) is 0 Å². The number of nitrogens with two attached hydrogens (primary N) is 1. The number of aryl methyl sites for hydroxylation is 1. The van der Waals surface area contributed by atoms with Crippen molar-refractivity contribution in [2.24, 2.45) is 5.73 Å². The molecule has 138 valence electrons. The predicted molar refractivity (Wildman–Crippen MR) is 96.1 cm³/mol. The van der Waals surface area contributed by atoms with E-state index in [-0.39, 0.29) is 36.4 Å². The second-order valence-electron chi connectivity index (χ2n) is 5.12. The second kappa shape index (κ2) is 11.4. The van der Waals surface area contributed by atoms with Gasteiger partial charge in [0.1, 0.15) is 0 Å². The number of sulfonamides is 1. The first-order valence-electron chi connectivity index (χ1n) is 7.50. The van der Waals surface area contributed by atoms with E-state index in [9.17, 15) is 13.2 Å². The lowest BCUT2D eigenvalue weighted by Crippen LogP contribution is -2.28. The van der Waals surface area contributed by atoms with Gasteiger partial charge in [0.05, 0.1) is 11.5 Å². The molecular weight excluding hydrogens is 354 g/mol. The van der Waals surface area contributed by atoms with E-state index in [4.69, 9.17) is 10.5 Å². The Bertz CT molecular complexity index is 623. The van der Waals surface area contributed by atoms with Crippen LogP contribution in [0.1, 0.15) is 28.8 Å². The molecule has 0 unspecified atom stereocenters. The molecule has 1 amide bonds. The van der Waals surface area contributed by atoms with Crippen LogP contribution in [0.3, 0.4) is 0 Å². The molecule has 0 fully saturated rings. The number of amides is 1. The summed E-state index contributed by atoms with van der Waals surface area (Å²) in [5, 5.41) is 2.78. The summed E-state index contributed by atoms with van der Waals surface area (Å²) in [6, 6.07) is 4.50. The van der Waals surface area contributed by atoms with Gasteiger partial charge in [-0.15, -0.1) is 12.4 Å². The van der Waals surface area contributed by atoms with Gasteiger partial charge < -0.3 is 15.8 Å². The topological polar surface area (TPSA) is 111 Å². The molecule has 0 radical (unpaired) electrons. The van der Waals surface area contributed by atoms with Crippen LogP contribution in [0.15, 0.2) is 23.1 Å². The third-order valence-electron chi connectivity index (χ3n) is 3.28.